The molecule has 7 heteroatoms. The third-order valence-corrected chi connectivity index (χ3v) is 5.20. The first kappa shape index (κ1) is 17.3. The topological polar surface area (TPSA) is 72.2 Å². The summed E-state index contributed by atoms with van der Waals surface area (Å²) in [6.07, 6.45) is 3.25. The van der Waals surface area contributed by atoms with E-state index < -0.39 is 0 Å². The maximum Gasteiger partial charge on any atom is 0.330 e. The van der Waals surface area contributed by atoms with E-state index in [4.69, 9.17) is 0 Å². The molecule has 1 aliphatic rings. The highest BCUT2D eigenvalue weighted by Gasteiger charge is 2.30. The van der Waals surface area contributed by atoms with Crippen LogP contribution in [-0.4, -0.2) is 44.7 Å². The molecule has 140 valence electrons. The predicted octanol–water partition coefficient (Wildman–Crippen LogP) is 1.93. The molecule has 4 rings (SSSR count). The lowest BCUT2D eigenvalue weighted by Gasteiger charge is -2.17. The third kappa shape index (κ3) is 3.32. The Morgan fingerprint density at radius 3 is 2.85 bits per heavy atom. The molecule has 1 atom stereocenters. The summed E-state index contributed by atoms with van der Waals surface area (Å²) in [4.78, 5) is 31.3. The summed E-state index contributed by atoms with van der Waals surface area (Å²) in [6, 6.07) is 13.7. The van der Waals surface area contributed by atoms with E-state index in [0.29, 0.717) is 25.3 Å². The predicted molar refractivity (Wildman–Crippen MR) is 104 cm³/mol. The van der Waals surface area contributed by atoms with Crippen LogP contribution in [0, 0.1) is 0 Å². The van der Waals surface area contributed by atoms with Gasteiger partial charge in [-0.15, -0.1) is 0 Å². The average molecular weight is 365 g/mol. The molecule has 0 unspecified atom stereocenters. The van der Waals surface area contributed by atoms with Gasteiger partial charge in [0, 0.05) is 32.9 Å². The van der Waals surface area contributed by atoms with Gasteiger partial charge in [0.05, 0.1) is 11.6 Å². The lowest BCUT2D eigenvalue weighted by atomic mass is 10.1. The fourth-order valence-corrected chi connectivity index (χ4v) is 3.73. The molecule has 0 saturated carbocycles. The molecule has 1 fully saturated rings. The van der Waals surface area contributed by atoms with Gasteiger partial charge in [-0.2, -0.15) is 0 Å². The summed E-state index contributed by atoms with van der Waals surface area (Å²) in [5.74, 6) is 0. The Morgan fingerprint density at radius 2 is 2.04 bits per heavy atom. The van der Waals surface area contributed by atoms with E-state index in [9.17, 15) is 9.59 Å². The van der Waals surface area contributed by atoms with Crippen molar-refractivity contribution in [1.29, 1.82) is 0 Å². The number of likely N-dealkylation sites (tertiary alicyclic amines) is 1. The second-order valence-corrected chi connectivity index (χ2v) is 6.91. The van der Waals surface area contributed by atoms with Crippen LogP contribution in [0.3, 0.4) is 0 Å². The van der Waals surface area contributed by atoms with Gasteiger partial charge in [0.25, 0.3) is 0 Å². The number of benzene rings is 1. The van der Waals surface area contributed by atoms with Gasteiger partial charge < -0.3 is 10.2 Å². The van der Waals surface area contributed by atoms with Crippen molar-refractivity contribution < 1.29 is 4.79 Å². The van der Waals surface area contributed by atoms with Crippen LogP contribution >= 0.6 is 0 Å². The minimum atomic E-state index is -0.0833. The molecule has 2 aromatic heterocycles. The number of carbonyl (C=O) groups is 1. The van der Waals surface area contributed by atoms with Crippen LogP contribution < -0.4 is 11.0 Å². The number of aryl methyl sites for hydroxylation is 1. The summed E-state index contributed by atoms with van der Waals surface area (Å²) in [5, 5.41) is 2.98. The van der Waals surface area contributed by atoms with Crippen molar-refractivity contribution in [3.63, 3.8) is 0 Å². The molecular weight excluding hydrogens is 342 g/mol. The van der Waals surface area contributed by atoms with Crippen LogP contribution in [0.5, 0.6) is 0 Å². The standard InChI is InChI=1S/C20H23N5O2/c1-23-17-8-5-11-21-18(17)25(20(23)27)16-10-13-24(14-16)19(26)22-12-9-15-6-3-2-4-7-15/h2-8,11,16H,9-10,12-14H2,1H3,(H,22,26)/t16-/m1/s1. The van der Waals surface area contributed by atoms with E-state index in [2.05, 4.69) is 22.4 Å². The third-order valence-electron chi connectivity index (χ3n) is 5.20. The molecule has 0 spiro atoms. The molecule has 1 aromatic carbocycles. The molecule has 1 saturated heterocycles. The largest absolute Gasteiger partial charge is 0.338 e. The molecule has 27 heavy (non-hydrogen) atoms. The highest BCUT2D eigenvalue weighted by Crippen LogP contribution is 2.23. The van der Waals surface area contributed by atoms with Gasteiger partial charge >= 0.3 is 11.7 Å². The van der Waals surface area contributed by atoms with Crippen LogP contribution in [0.25, 0.3) is 11.2 Å². The smallest absolute Gasteiger partial charge is 0.330 e. The van der Waals surface area contributed by atoms with E-state index in [1.807, 2.05) is 30.3 Å². The van der Waals surface area contributed by atoms with Crippen molar-refractivity contribution in [3.8, 4) is 0 Å². The van der Waals surface area contributed by atoms with Crippen molar-refractivity contribution in [1.82, 2.24) is 24.3 Å². The lowest BCUT2D eigenvalue weighted by molar-refractivity contribution is 0.207. The number of fused-ring (bicyclic) bond motifs is 1. The zero-order valence-electron chi connectivity index (χ0n) is 15.3. The molecule has 3 aromatic rings. The van der Waals surface area contributed by atoms with Crippen molar-refractivity contribution in [2.45, 2.75) is 18.9 Å². The van der Waals surface area contributed by atoms with Crippen LogP contribution in [0.2, 0.25) is 0 Å². The van der Waals surface area contributed by atoms with Gasteiger partial charge in [-0.05, 0) is 30.5 Å². The molecule has 0 bridgehead atoms. The average Bonchev–Trinajstić information content (AvgIpc) is 3.27. The number of hydrogen-bond acceptors (Lipinski definition) is 3. The first-order valence-electron chi connectivity index (χ1n) is 9.24. The fourth-order valence-electron chi connectivity index (χ4n) is 3.73. The number of aromatic nitrogens is 3. The number of urea groups is 1. The number of imidazole rings is 1. The van der Waals surface area contributed by atoms with E-state index >= 15 is 0 Å². The first-order chi connectivity index (χ1) is 13.1. The molecule has 7 nitrogen and oxygen atoms in total. The Hall–Kier alpha value is -3.09. The molecule has 3 heterocycles. The molecule has 0 aliphatic carbocycles. The van der Waals surface area contributed by atoms with Crippen LogP contribution in [0.15, 0.2) is 53.5 Å². The monoisotopic (exact) mass is 365 g/mol. The second kappa shape index (κ2) is 7.26. The number of nitrogens with zero attached hydrogens (tertiary/aromatic N) is 4. The Morgan fingerprint density at radius 1 is 1.22 bits per heavy atom. The van der Waals surface area contributed by atoms with Gasteiger partial charge in [-0.25, -0.2) is 14.6 Å². The van der Waals surface area contributed by atoms with Gasteiger partial charge in [0.1, 0.15) is 0 Å². The van der Waals surface area contributed by atoms with E-state index in [-0.39, 0.29) is 17.8 Å². The molecule has 1 aliphatic heterocycles. The maximum atomic E-state index is 12.6. The number of nitrogens with one attached hydrogen (secondary N) is 1. The Bertz CT molecular complexity index is 1010. The summed E-state index contributed by atoms with van der Waals surface area (Å²) >= 11 is 0. The Labute approximate surface area is 157 Å². The van der Waals surface area contributed by atoms with Crippen molar-refractivity contribution in [2.24, 2.45) is 7.05 Å². The summed E-state index contributed by atoms with van der Waals surface area (Å²) in [5.41, 5.74) is 2.61. The number of hydrogen-bond donors (Lipinski definition) is 1. The number of pyridine rings is 1. The summed E-state index contributed by atoms with van der Waals surface area (Å²) < 4.78 is 3.34. The van der Waals surface area contributed by atoms with Crippen LogP contribution in [-0.2, 0) is 13.5 Å². The Balaban J connectivity index is 1.41. The van der Waals surface area contributed by atoms with Crippen LogP contribution in [0.1, 0.15) is 18.0 Å². The first-order valence-corrected chi connectivity index (χ1v) is 9.24. The SMILES string of the molecule is Cn1c(=O)n([C@@H]2CCN(C(=O)NCCc3ccccc3)C2)c2ncccc21. The van der Waals surface area contributed by atoms with E-state index in [1.54, 1.807) is 27.3 Å². The van der Waals surface area contributed by atoms with Crippen molar-refractivity contribution in [3.05, 3.63) is 64.7 Å². The van der Waals surface area contributed by atoms with Crippen molar-refractivity contribution >= 4 is 17.2 Å². The molecule has 0 radical (unpaired) electrons. The quantitative estimate of drug-likeness (QED) is 0.768. The number of carbonyl (C=O) groups excluding carboxylic acids is 1. The zero-order chi connectivity index (χ0) is 18.8. The van der Waals surface area contributed by atoms with Gasteiger partial charge in [0.2, 0.25) is 0 Å². The summed E-state index contributed by atoms with van der Waals surface area (Å²) in [6.45, 7) is 1.75. The van der Waals surface area contributed by atoms with Gasteiger partial charge in [-0.3, -0.25) is 9.13 Å². The molecular formula is C20H23N5O2. The van der Waals surface area contributed by atoms with Crippen molar-refractivity contribution in [2.75, 3.05) is 19.6 Å². The van der Waals surface area contributed by atoms with Gasteiger partial charge in [-0.1, -0.05) is 30.3 Å². The minimum Gasteiger partial charge on any atom is -0.338 e. The number of rotatable bonds is 4. The lowest BCUT2D eigenvalue weighted by Crippen LogP contribution is -2.40. The zero-order valence-corrected chi connectivity index (χ0v) is 15.3. The Kier molecular flexibility index (Phi) is 4.66. The fraction of sp³-hybridized carbons (Fsp3) is 0.350. The molecule has 2 amide bonds. The maximum absolute atomic E-state index is 12.6. The normalized spacial score (nSPS) is 16.8. The highest BCUT2D eigenvalue weighted by molar-refractivity contribution is 5.75. The van der Waals surface area contributed by atoms with E-state index in [0.717, 1.165) is 18.4 Å². The highest BCUT2D eigenvalue weighted by atomic mass is 16.2. The minimum absolute atomic E-state index is 0.0454. The summed E-state index contributed by atoms with van der Waals surface area (Å²) in [7, 11) is 1.76. The van der Waals surface area contributed by atoms with E-state index in [1.165, 1.54) is 5.56 Å². The number of amides is 2. The molecule has 1 N–H and O–H groups in total. The van der Waals surface area contributed by atoms with Gasteiger partial charge in [0.15, 0.2) is 5.65 Å². The van der Waals surface area contributed by atoms with Crippen LogP contribution in [0.4, 0.5) is 4.79 Å². The second-order valence-electron chi connectivity index (χ2n) is 6.91.